The molecule has 0 saturated carbocycles. The zero-order valence-electron chi connectivity index (χ0n) is 23.7. The molecule has 0 bridgehead atoms. The van der Waals surface area contributed by atoms with Crippen LogP contribution in [-0.4, -0.2) is 11.9 Å². The molecular formula is C31H50O4. The zero-order valence-corrected chi connectivity index (χ0v) is 23.7. The molecule has 198 valence electrons. The van der Waals surface area contributed by atoms with E-state index >= 15 is 0 Å². The predicted octanol–water partition coefficient (Wildman–Crippen LogP) is 8.77. The average Bonchev–Trinajstić information content (AvgIpc) is 2.74. The van der Waals surface area contributed by atoms with Gasteiger partial charge in [-0.1, -0.05) is 84.3 Å². The molecular weight excluding hydrogens is 436 g/mol. The fourth-order valence-corrected chi connectivity index (χ4v) is 4.57. The lowest BCUT2D eigenvalue weighted by Gasteiger charge is -2.15. The molecule has 0 spiro atoms. The van der Waals surface area contributed by atoms with Crippen LogP contribution in [0.15, 0.2) is 23.8 Å². The largest absolute Gasteiger partial charge is 0.426 e. The summed E-state index contributed by atoms with van der Waals surface area (Å²) >= 11 is 0. The summed E-state index contributed by atoms with van der Waals surface area (Å²) in [7, 11) is 0. The van der Waals surface area contributed by atoms with Gasteiger partial charge in [0.1, 0.15) is 11.5 Å². The van der Waals surface area contributed by atoms with Gasteiger partial charge < -0.3 is 9.47 Å². The number of ether oxygens (including phenoxy) is 2. The molecule has 0 aliphatic rings. The minimum Gasteiger partial charge on any atom is -0.426 e. The van der Waals surface area contributed by atoms with Gasteiger partial charge in [-0.2, -0.15) is 0 Å². The van der Waals surface area contributed by atoms with Gasteiger partial charge in [-0.05, 0) is 68.6 Å². The number of esters is 2. The molecule has 0 aromatic heterocycles. The van der Waals surface area contributed by atoms with Crippen LogP contribution in [0.2, 0.25) is 0 Å². The molecule has 0 aliphatic carbocycles. The van der Waals surface area contributed by atoms with Crippen LogP contribution >= 0.6 is 0 Å². The molecule has 0 saturated heterocycles. The molecule has 0 heterocycles. The lowest BCUT2D eigenvalue weighted by atomic mass is 9.91. The lowest BCUT2D eigenvalue weighted by Crippen LogP contribution is -2.08. The Hall–Kier alpha value is -2.10. The number of hydrogen-bond acceptors (Lipinski definition) is 4. The van der Waals surface area contributed by atoms with Gasteiger partial charge in [-0.3, -0.25) is 9.59 Å². The van der Waals surface area contributed by atoms with Crippen LogP contribution in [0.3, 0.4) is 0 Å². The molecule has 4 nitrogen and oxygen atoms in total. The quantitative estimate of drug-likeness (QED) is 0.133. The van der Waals surface area contributed by atoms with Crippen LogP contribution in [0.1, 0.15) is 117 Å². The third-order valence-electron chi connectivity index (χ3n) is 6.81. The van der Waals surface area contributed by atoms with Crippen molar-refractivity contribution >= 4 is 11.9 Å². The van der Waals surface area contributed by atoms with E-state index in [1.165, 1.54) is 70.8 Å². The summed E-state index contributed by atoms with van der Waals surface area (Å²) in [6, 6.07) is 3.39. The van der Waals surface area contributed by atoms with E-state index in [-0.39, 0.29) is 11.9 Å². The Balaban J connectivity index is 2.51. The predicted molar refractivity (Wildman–Crippen MR) is 146 cm³/mol. The normalized spacial score (nSPS) is 13.6. The van der Waals surface area contributed by atoms with Crippen LogP contribution in [0, 0.1) is 24.7 Å². The molecule has 2 unspecified atom stereocenters. The first-order valence-corrected chi connectivity index (χ1v) is 13.6. The van der Waals surface area contributed by atoms with Crippen LogP contribution in [0.5, 0.6) is 11.5 Å². The van der Waals surface area contributed by atoms with Gasteiger partial charge in [-0.15, -0.1) is 0 Å². The second-order valence-electron chi connectivity index (χ2n) is 11.0. The molecule has 1 rings (SSSR count). The standard InChI is InChI=1S/C31H50O4/c1-22(2)12-9-13-23(3)14-10-15-24(4)16-11-17-25(5)18-19-29-26(6)30(34-27(7)32)20-21-31(29)35-28(8)33/h18,20-24H,9-17,19H2,1-8H3/b25-18+. The zero-order chi connectivity index (χ0) is 26.4. The third kappa shape index (κ3) is 13.5. The maximum Gasteiger partial charge on any atom is 0.308 e. The first-order valence-electron chi connectivity index (χ1n) is 13.6. The van der Waals surface area contributed by atoms with E-state index < -0.39 is 0 Å². The highest BCUT2D eigenvalue weighted by Gasteiger charge is 2.14. The lowest BCUT2D eigenvalue weighted by molar-refractivity contribution is -0.133. The average molecular weight is 487 g/mol. The highest BCUT2D eigenvalue weighted by atomic mass is 16.5. The van der Waals surface area contributed by atoms with E-state index in [0.29, 0.717) is 17.9 Å². The van der Waals surface area contributed by atoms with Crippen molar-refractivity contribution in [1.29, 1.82) is 0 Å². The molecule has 0 radical (unpaired) electrons. The number of hydrogen-bond donors (Lipinski definition) is 0. The van der Waals surface area contributed by atoms with Crippen LogP contribution in [0.25, 0.3) is 0 Å². The molecule has 35 heavy (non-hydrogen) atoms. The minimum absolute atomic E-state index is 0.356. The Kier molecular flexibility index (Phi) is 14.6. The number of rotatable bonds is 16. The highest BCUT2D eigenvalue weighted by molar-refractivity contribution is 5.72. The third-order valence-corrected chi connectivity index (χ3v) is 6.81. The van der Waals surface area contributed by atoms with Gasteiger partial charge in [0.15, 0.2) is 0 Å². The molecule has 0 amide bonds. The Morgan fingerprint density at radius 1 is 0.771 bits per heavy atom. The number of carbonyl (C=O) groups excluding carboxylic acids is 2. The van der Waals surface area contributed by atoms with Crippen molar-refractivity contribution in [3.8, 4) is 11.5 Å². The van der Waals surface area contributed by atoms with Crippen LogP contribution in [0.4, 0.5) is 0 Å². The Bertz CT molecular complexity index is 822. The van der Waals surface area contributed by atoms with Gasteiger partial charge in [0.05, 0.1) is 0 Å². The summed E-state index contributed by atoms with van der Waals surface area (Å²) < 4.78 is 10.7. The second-order valence-corrected chi connectivity index (χ2v) is 11.0. The summed E-state index contributed by atoms with van der Waals surface area (Å²) in [4.78, 5) is 23.0. The first kappa shape index (κ1) is 30.9. The summed E-state index contributed by atoms with van der Waals surface area (Å²) in [6.07, 6.45) is 14.5. The fourth-order valence-electron chi connectivity index (χ4n) is 4.57. The fraction of sp³-hybridized carbons (Fsp3) is 0.677. The van der Waals surface area contributed by atoms with Gasteiger partial charge in [0.2, 0.25) is 0 Å². The summed E-state index contributed by atoms with van der Waals surface area (Å²) in [5.41, 5.74) is 3.05. The summed E-state index contributed by atoms with van der Waals surface area (Å²) in [5, 5.41) is 0. The number of allylic oxidation sites excluding steroid dienone is 2. The van der Waals surface area contributed by atoms with E-state index in [1.807, 2.05) is 6.92 Å². The SMILES string of the molecule is CC(=O)Oc1ccc(OC(C)=O)c(C/C=C(\C)CCCC(C)CCCC(C)CCCC(C)C)c1C. The first-order chi connectivity index (χ1) is 16.5. The molecule has 1 aromatic rings. The second kappa shape index (κ2) is 16.5. The Labute approximate surface area is 214 Å². The van der Waals surface area contributed by atoms with Gasteiger partial charge >= 0.3 is 11.9 Å². The van der Waals surface area contributed by atoms with E-state index in [4.69, 9.17) is 9.47 Å². The summed E-state index contributed by atoms with van der Waals surface area (Å²) in [6.45, 7) is 16.3. The number of benzene rings is 1. The van der Waals surface area contributed by atoms with Gasteiger partial charge in [-0.25, -0.2) is 0 Å². The Morgan fingerprint density at radius 2 is 1.26 bits per heavy atom. The van der Waals surface area contributed by atoms with Crippen LogP contribution in [-0.2, 0) is 16.0 Å². The van der Waals surface area contributed by atoms with Crippen molar-refractivity contribution < 1.29 is 19.1 Å². The maximum absolute atomic E-state index is 11.5. The monoisotopic (exact) mass is 486 g/mol. The van der Waals surface area contributed by atoms with E-state index in [1.54, 1.807) is 12.1 Å². The van der Waals surface area contributed by atoms with Crippen molar-refractivity contribution in [2.45, 2.75) is 120 Å². The van der Waals surface area contributed by atoms with Crippen molar-refractivity contribution in [3.63, 3.8) is 0 Å². The van der Waals surface area contributed by atoms with E-state index in [9.17, 15) is 9.59 Å². The molecule has 0 fully saturated rings. The number of carbonyl (C=O) groups is 2. The minimum atomic E-state index is -0.360. The topological polar surface area (TPSA) is 52.6 Å². The summed E-state index contributed by atoms with van der Waals surface area (Å²) in [5.74, 6) is 2.77. The van der Waals surface area contributed by atoms with E-state index in [0.717, 1.165) is 35.3 Å². The maximum atomic E-state index is 11.5. The van der Waals surface area contributed by atoms with Crippen molar-refractivity contribution in [2.24, 2.45) is 17.8 Å². The highest BCUT2D eigenvalue weighted by Crippen LogP contribution is 2.31. The molecule has 0 aliphatic heterocycles. The molecule has 0 N–H and O–H groups in total. The van der Waals surface area contributed by atoms with Gasteiger partial charge in [0.25, 0.3) is 0 Å². The smallest absolute Gasteiger partial charge is 0.308 e. The molecule has 4 heteroatoms. The van der Waals surface area contributed by atoms with E-state index in [2.05, 4.69) is 40.7 Å². The van der Waals surface area contributed by atoms with Crippen molar-refractivity contribution in [2.75, 3.05) is 0 Å². The molecule has 1 aromatic carbocycles. The van der Waals surface area contributed by atoms with Crippen molar-refractivity contribution in [1.82, 2.24) is 0 Å². The van der Waals surface area contributed by atoms with Crippen molar-refractivity contribution in [3.05, 3.63) is 34.9 Å². The van der Waals surface area contributed by atoms with Crippen LogP contribution < -0.4 is 9.47 Å². The molecule has 2 atom stereocenters. The Morgan fingerprint density at radius 3 is 1.80 bits per heavy atom. The van der Waals surface area contributed by atoms with Gasteiger partial charge in [0, 0.05) is 19.4 Å².